The number of piperazine rings is 1. The summed E-state index contributed by atoms with van der Waals surface area (Å²) in [5.74, 6) is 0.0914. The monoisotopic (exact) mass is 498 g/mol. The molecular weight excluding hydrogens is 464 g/mol. The van der Waals surface area contributed by atoms with Gasteiger partial charge in [-0.25, -0.2) is 4.79 Å². The number of aromatic nitrogens is 1. The topological polar surface area (TPSA) is 78.6 Å². The van der Waals surface area contributed by atoms with Gasteiger partial charge in [-0.3, -0.25) is 4.79 Å². The van der Waals surface area contributed by atoms with E-state index in [-0.39, 0.29) is 12.0 Å². The van der Waals surface area contributed by atoms with Crippen molar-refractivity contribution in [2.24, 2.45) is 0 Å². The molecule has 3 aromatic rings. The number of nitrogens with zero attached hydrogens (tertiary/aromatic N) is 4. The van der Waals surface area contributed by atoms with Gasteiger partial charge in [-0.1, -0.05) is 35.9 Å². The van der Waals surface area contributed by atoms with Gasteiger partial charge < -0.3 is 19.1 Å². The third kappa shape index (κ3) is 6.03. The Balaban J connectivity index is 1.54. The number of aryl methyl sites for hydroxylation is 3. The number of hydrogen-bond donors (Lipinski definition) is 0. The zero-order chi connectivity index (χ0) is 26.4. The lowest BCUT2D eigenvalue weighted by Gasteiger charge is -2.34. The first-order valence-corrected chi connectivity index (χ1v) is 12.8. The number of amides is 2. The lowest BCUT2D eigenvalue weighted by molar-refractivity contribution is -0.132. The number of benzene rings is 2. The second kappa shape index (κ2) is 11.8. The van der Waals surface area contributed by atoms with Gasteiger partial charge in [0.05, 0.1) is 24.8 Å². The molecule has 0 unspecified atom stereocenters. The van der Waals surface area contributed by atoms with E-state index >= 15 is 0 Å². The van der Waals surface area contributed by atoms with Crippen LogP contribution in [0.1, 0.15) is 35.7 Å². The number of ether oxygens (including phenoxy) is 1. The van der Waals surface area contributed by atoms with E-state index in [1.54, 1.807) is 11.8 Å². The van der Waals surface area contributed by atoms with Crippen LogP contribution in [0, 0.1) is 25.2 Å². The normalized spacial score (nSPS) is 13.4. The lowest BCUT2D eigenvalue weighted by Crippen LogP contribution is -2.50. The van der Waals surface area contributed by atoms with Crippen molar-refractivity contribution in [3.05, 3.63) is 77.0 Å². The molecule has 2 amide bonds. The zero-order valence-corrected chi connectivity index (χ0v) is 21.9. The predicted molar refractivity (Wildman–Crippen MR) is 143 cm³/mol. The van der Waals surface area contributed by atoms with Gasteiger partial charge in [-0.15, -0.1) is 0 Å². The highest BCUT2D eigenvalue weighted by atomic mass is 16.6. The first-order chi connectivity index (χ1) is 17.9. The van der Waals surface area contributed by atoms with Crippen LogP contribution in [-0.4, -0.2) is 59.2 Å². The van der Waals surface area contributed by atoms with Crippen LogP contribution < -0.4 is 0 Å². The first-order valence-electron chi connectivity index (χ1n) is 12.8. The Hall–Kier alpha value is -4.05. The summed E-state index contributed by atoms with van der Waals surface area (Å²) in [7, 11) is 0. The van der Waals surface area contributed by atoms with Gasteiger partial charge in [-0.05, 0) is 62.6 Å². The summed E-state index contributed by atoms with van der Waals surface area (Å²) in [4.78, 5) is 28.5. The maximum Gasteiger partial charge on any atom is 0.409 e. The highest BCUT2D eigenvalue weighted by Gasteiger charge is 2.25. The van der Waals surface area contributed by atoms with Crippen LogP contribution in [0.5, 0.6) is 0 Å². The van der Waals surface area contributed by atoms with Crippen molar-refractivity contribution in [3.63, 3.8) is 0 Å². The minimum absolute atomic E-state index is 0.0914. The minimum atomic E-state index is -0.313. The molecule has 1 aliphatic heterocycles. The fourth-order valence-electron chi connectivity index (χ4n) is 4.89. The van der Waals surface area contributed by atoms with Crippen molar-refractivity contribution in [1.29, 1.82) is 5.26 Å². The third-order valence-corrected chi connectivity index (χ3v) is 6.85. The Kier molecular flexibility index (Phi) is 8.29. The summed E-state index contributed by atoms with van der Waals surface area (Å²) in [6.45, 7) is 8.38. The van der Waals surface area contributed by atoms with Gasteiger partial charge in [0.2, 0.25) is 5.91 Å². The first kappa shape index (κ1) is 26.0. The Morgan fingerprint density at radius 1 is 0.946 bits per heavy atom. The van der Waals surface area contributed by atoms with Crippen molar-refractivity contribution >= 4 is 12.0 Å². The van der Waals surface area contributed by atoms with E-state index in [1.807, 2.05) is 29.2 Å². The molecule has 192 valence electrons. The summed E-state index contributed by atoms with van der Waals surface area (Å²) in [6, 6.07) is 20.9. The van der Waals surface area contributed by atoms with Crippen LogP contribution in [0.25, 0.3) is 16.9 Å². The van der Waals surface area contributed by atoms with Gasteiger partial charge in [0.15, 0.2) is 0 Å². The molecule has 0 spiro atoms. The third-order valence-electron chi connectivity index (χ3n) is 6.85. The number of rotatable bonds is 7. The average molecular weight is 499 g/mol. The van der Waals surface area contributed by atoms with Crippen LogP contribution in [0.4, 0.5) is 4.79 Å². The van der Waals surface area contributed by atoms with E-state index in [9.17, 15) is 9.59 Å². The number of carbonyl (C=O) groups is 2. The fourth-order valence-corrected chi connectivity index (χ4v) is 4.89. The maximum atomic E-state index is 13.1. The molecule has 1 saturated heterocycles. The molecule has 0 saturated carbocycles. The molecule has 7 nitrogen and oxygen atoms in total. The van der Waals surface area contributed by atoms with E-state index in [4.69, 9.17) is 10.00 Å². The van der Waals surface area contributed by atoms with Crippen molar-refractivity contribution in [2.75, 3.05) is 32.8 Å². The van der Waals surface area contributed by atoms with Crippen molar-refractivity contribution in [2.45, 2.75) is 40.0 Å². The number of hydrogen-bond acceptors (Lipinski definition) is 4. The Morgan fingerprint density at radius 2 is 1.65 bits per heavy atom. The molecule has 37 heavy (non-hydrogen) atoms. The minimum Gasteiger partial charge on any atom is -0.450 e. The van der Waals surface area contributed by atoms with E-state index in [2.05, 4.69) is 54.8 Å². The summed E-state index contributed by atoms with van der Waals surface area (Å²) in [6.07, 6.45) is 1.05. The van der Waals surface area contributed by atoms with Gasteiger partial charge in [0, 0.05) is 49.5 Å². The van der Waals surface area contributed by atoms with Crippen LogP contribution in [-0.2, 0) is 22.4 Å². The lowest BCUT2D eigenvalue weighted by atomic mass is 10.0. The Labute approximate surface area is 218 Å². The van der Waals surface area contributed by atoms with Crippen molar-refractivity contribution < 1.29 is 14.3 Å². The van der Waals surface area contributed by atoms with Crippen LogP contribution in [0.15, 0.2) is 54.6 Å². The van der Waals surface area contributed by atoms with Crippen LogP contribution in [0.3, 0.4) is 0 Å². The summed E-state index contributed by atoms with van der Waals surface area (Å²) in [5, 5.41) is 9.04. The van der Waals surface area contributed by atoms with Gasteiger partial charge in [0.1, 0.15) is 0 Å². The molecule has 1 aromatic heterocycles. The standard InChI is InChI=1S/C30H34N4O3/c1-4-37-30(36)33-19-17-32(18-20-33)29(35)14-11-26-10-13-28(27-12-5-22(2)21-23(27)3)34(26)25-8-6-24(7-9-25)15-16-31/h5-10,12-13,21H,4,11,14-15,17-20H2,1-3H3. The molecule has 4 rings (SSSR count). The molecular formula is C30H34N4O3. The van der Waals surface area contributed by atoms with E-state index in [1.165, 1.54) is 11.1 Å². The SMILES string of the molecule is CCOC(=O)N1CCN(C(=O)CCc2ccc(-c3ccc(C)cc3C)n2-c2ccc(CC#N)cc2)CC1. The van der Waals surface area contributed by atoms with Crippen LogP contribution in [0.2, 0.25) is 0 Å². The van der Waals surface area contributed by atoms with Gasteiger partial charge >= 0.3 is 6.09 Å². The molecule has 0 aliphatic carbocycles. The maximum absolute atomic E-state index is 13.1. The van der Waals surface area contributed by atoms with E-state index < -0.39 is 0 Å². The second-order valence-corrected chi connectivity index (χ2v) is 9.43. The Bertz CT molecular complexity index is 1300. The summed E-state index contributed by atoms with van der Waals surface area (Å²) >= 11 is 0. The molecule has 2 heterocycles. The average Bonchev–Trinajstić information content (AvgIpc) is 3.31. The summed E-state index contributed by atoms with van der Waals surface area (Å²) in [5.41, 5.74) is 7.69. The quantitative estimate of drug-likeness (QED) is 0.456. The molecule has 2 aromatic carbocycles. The fraction of sp³-hybridized carbons (Fsp3) is 0.367. The Morgan fingerprint density at radius 3 is 2.30 bits per heavy atom. The molecule has 0 atom stereocenters. The smallest absolute Gasteiger partial charge is 0.409 e. The second-order valence-electron chi connectivity index (χ2n) is 9.43. The van der Waals surface area contributed by atoms with E-state index in [0.717, 1.165) is 28.2 Å². The molecule has 7 heteroatoms. The highest BCUT2D eigenvalue weighted by Crippen LogP contribution is 2.30. The largest absolute Gasteiger partial charge is 0.450 e. The van der Waals surface area contributed by atoms with Crippen molar-refractivity contribution in [3.8, 4) is 23.0 Å². The molecule has 0 bridgehead atoms. The number of carbonyl (C=O) groups excluding carboxylic acids is 2. The van der Waals surface area contributed by atoms with Gasteiger partial charge in [0.25, 0.3) is 0 Å². The van der Waals surface area contributed by atoms with Crippen LogP contribution >= 0.6 is 0 Å². The molecule has 1 aliphatic rings. The van der Waals surface area contributed by atoms with Gasteiger partial charge in [-0.2, -0.15) is 5.26 Å². The highest BCUT2D eigenvalue weighted by molar-refractivity contribution is 5.77. The van der Waals surface area contributed by atoms with Crippen molar-refractivity contribution in [1.82, 2.24) is 14.4 Å². The molecule has 0 radical (unpaired) electrons. The summed E-state index contributed by atoms with van der Waals surface area (Å²) < 4.78 is 7.30. The number of nitriles is 1. The zero-order valence-electron chi connectivity index (χ0n) is 21.9. The van der Waals surface area contributed by atoms with E-state index in [0.29, 0.717) is 52.0 Å². The molecule has 1 fully saturated rings. The molecule has 0 N–H and O–H groups in total. The predicted octanol–water partition coefficient (Wildman–Crippen LogP) is 5.06.